The van der Waals surface area contributed by atoms with Gasteiger partial charge in [0.25, 0.3) is 0 Å². The van der Waals surface area contributed by atoms with E-state index in [0.717, 1.165) is 36.0 Å². The first-order valence-electron chi connectivity index (χ1n) is 5.97. The summed E-state index contributed by atoms with van der Waals surface area (Å²) in [6.07, 6.45) is 1.83. The summed E-state index contributed by atoms with van der Waals surface area (Å²) in [4.78, 5) is 12.0. The van der Waals surface area contributed by atoms with Crippen LogP contribution >= 0.6 is 0 Å². The van der Waals surface area contributed by atoms with Crippen LogP contribution in [0.4, 0.5) is 0 Å². The second-order valence-electron chi connectivity index (χ2n) is 4.09. The average Bonchev–Trinajstić information content (AvgIpc) is 2.83. The van der Waals surface area contributed by atoms with Crippen molar-refractivity contribution < 1.29 is 4.74 Å². The van der Waals surface area contributed by atoms with E-state index in [9.17, 15) is 0 Å². The third-order valence-electron chi connectivity index (χ3n) is 2.56. The predicted molar refractivity (Wildman–Crippen MR) is 70.1 cm³/mol. The molecular weight excluding hydrogens is 228 g/mol. The summed E-state index contributed by atoms with van der Waals surface area (Å²) in [5.41, 5.74) is 2.91. The molecule has 0 bridgehead atoms. The van der Waals surface area contributed by atoms with Gasteiger partial charge in [-0.1, -0.05) is 6.07 Å². The number of aryl methyl sites for hydroxylation is 1. The lowest BCUT2D eigenvalue weighted by Gasteiger charge is -2.01. The van der Waals surface area contributed by atoms with Crippen molar-refractivity contribution in [1.82, 2.24) is 20.3 Å². The second-order valence-corrected chi connectivity index (χ2v) is 4.09. The molecule has 0 aliphatic heterocycles. The van der Waals surface area contributed by atoms with E-state index in [-0.39, 0.29) is 0 Å². The van der Waals surface area contributed by atoms with E-state index in [1.165, 1.54) is 0 Å². The Morgan fingerprint density at radius 3 is 3.06 bits per heavy atom. The van der Waals surface area contributed by atoms with Crippen molar-refractivity contribution in [2.75, 3.05) is 20.3 Å². The van der Waals surface area contributed by atoms with Crippen LogP contribution in [0.25, 0.3) is 11.5 Å². The molecule has 2 aromatic rings. The number of nitrogens with one attached hydrogen (secondary N) is 2. The van der Waals surface area contributed by atoms with Gasteiger partial charge in [-0.2, -0.15) is 0 Å². The molecule has 0 fully saturated rings. The SMILES string of the molecule is COCCNCc1cnc(-c2cccc(C)n2)[nH]1. The first-order valence-corrected chi connectivity index (χ1v) is 5.97. The summed E-state index contributed by atoms with van der Waals surface area (Å²) in [6, 6.07) is 5.91. The van der Waals surface area contributed by atoms with Gasteiger partial charge in [-0.05, 0) is 19.1 Å². The normalized spacial score (nSPS) is 10.8. The van der Waals surface area contributed by atoms with Crippen LogP contribution in [0.1, 0.15) is 11.4 Å². The molecule has 0 radical (unpaired) electrons. The lowest BCUT2D eigenvalue weighted by Crippen LogP contribution is -2.18. The first-order chi connectivity index (χ1) is 8.79. The molecule has 0 aliphatic rings. The number of methoxy groups -OCH3 is 1. The Hall–Kier alpha value is -1.72. The van der Waals surface area contributed by atoms with Gasteiger partial charge in [-0.25, -0.2) is 9.97 Å². The summed E-state index contributed by atoms with van der Waals surface area (Å²) >= 11 is 0. The zero-order chi connectivity index (χ0) is 12.8. The highest BCUT2D eigenvalue weighted by Crippen LogP contribution is 2.13. The Labute approximate surface area is 107 Å². The van der Waals surface area contributed by atoms with Gasteiger partial charge in [-0.3, -0.25) is 0 Å². The highest BCUT2D eigenvalue weighted by Gasteiger charge is 2.04. The zero-order valence-electron chi connectivity index (χ0n) is 10.7. The quantitative estimate of drug-likeness (QED) is 0.758. The molecule has 0 saturated heterocycles. The van der Waals surface area contributed by atoms with Gasteiger partial charge in [0, 0.05) is 31.6 Å². The minimum absolute atomic E-state index is 0.709. The van der Waals surface area contributed by atoms with Crippen molar-refractivity contribution in [3.8, 4) is 11.5 Å². The van der Waals surface area contributed by atoms with Crippen molar-refractivity contribution in [2.24, 2.45) is 0 Å². The molecule has 18 heavy (non-hydrogen) atoms. The maximum absolute atomic E-state index is 4.97. The third-order valence-corrected chi connectivity index (χ3v) is 2.56. The molecule has 0 amide bonds. The van der Waals surface area contributed by atoms with Gasteiger partial charge in [-0.15, -0.1) is 0 Å². The number of H-pyrrole nitrogens is 1. The fraction of sp³-hybridized carbons (Fsp3) is 0.385. The number of aromatic nitrogens is 3. The number of hydrogen-bond donors (Lipinski definition) is 2. The van der Waals surface area contributed by atoms with E-state index < -0.39 is 0 Å². The minimum Gasteiger partial charge on any atom is -0.383 e. The van der Waals surface area contributed by atoms with E-state index in [1.54, 1.807) is 7.11 Å². The topological polar surface area (TPSA) is 62.8 Å². The molecule has 0 spiro atoms. The Balaban J connectivity index is 1.97. The van der Waals surface area contributed by atoms with Crippen molar-refractivity contribution >= 4 is 0 Å². The standard InChI is InChI=1S/C13H18N4O/c1-10-4-3-5-12(16-10)13-15-9-11(17-13)8-14-6-7-18-2/h3-5,9,14H,6-8H2,1-2H3,(H,15,17). The highest BCUT2D eigenvalue weighted by atomic mass is 16.5. The number of imidazole rings is 1. The number of aromatic amines is 1. The largest absolute Gasteiger partial charge is 0.383 e. The fourth-order valence-electron chi connectivity index (χ4n) is 1.65. The zero-order valence-corrected chi connectivity index (χ0v) is 10.7. The summed E-state index contributed by atoms with van der Waals surface area (Å²) < 4.78 is 4.97. The van der Waals surface area contributed by atoms with Crippen LogP contribution in [0, 0.1) is 6.92 Å². The minimum atomic E-state index is 0.709. The van der Waals surface area contributed by atoms with Crippen molar-refractivity contribution in [3.63, 3.8) is 0 Å². The average molecular weight is 246 g/mol. The molecule has 2 aromatic heterocycles. The smallest absolute Gasteiger partial charge is 0.156 e. The molecule has 5 heteroatoms. The maximum atomic E-state index is 4.97. The molecular formula is C13H18N4O. The predicted octanol–water partition coefficient (Wildman–Crippen LogP) is 1.52. The third kappa shape index (κ3) is 3.38. The number of pyridine rings is 1. The second kappa shape index (κ2) is 6.28. The number of rotatable bonds is 6. The summed E-state index contributed by atoms with van der Waals surface area (Å²) in [6.45, 7) is 4.26. The molecule has 0 aliphatic carbocycles. The lowest BCUT2D eigenvalue weighted by molar-refractivity contribution is 0.199. The van der Waals surface area contributed by atoms with Crippen LogP contribution in [0.5, 0.6) is 0 Å². The van der Waals surface area contributed by atoms with Crippen molar-refractivity contribution in [2.45, 2.75) is 13.5 Å². The van der Waals surface area contributed by atoms with Crippen LogP contribution in [-0.2, 0) is 11.3 Å². The molecule has 2 heterocycles. The van der Waals surface area contributed by atoms with Gasteiger partial charge < -0.3 is 15.0 Å². The number of nitrogens with zero attached hydrogens (tertiary/aromatic N) is 2. The first kappa shape index (κ1) is 12.7. The van der Waals surface area contributed by atoms with Crippen LogP contribution in [-0.4, -0.2) is 35.2 Å². The van der Waals surface area contributed by atoms with Crippen LogP contribution < -0.4 is 5.32 Å². The van der Waals surface area contributed by atoms with E-state index >= 15 is 0 Å². The van der Waals surface area contributed by atoms with Gasteiger partial charge in [0.05, 0.1) is 12.8 Å². The Morgan fingerprint density at radius 2 is 2.28 bits per heavy atom. The Morgan fingerprint density at radius 1 is 1.39 bits per heavy atom. The summed E-state index contributed by atoms with van der Waals surface area (Å²) in [5.74, 6) is 0.808. The van der Waals surface area contributed by atoms with Crippen LogP contribution in [0.15, 0.2) is 24.4 Å². The van der Waals surface area contributed by atoms with Gasteiger partial charge in [0.2, 0.25) is 0 Å². The van der Waals surface area contributed by atoms with Crippen LogP contribution in [0.2, 0.25) is 0 Å². The highest BCUT2D eigenvalue weighted by molar-refractivity contribution is 5.49. The summed E-state index contributed by atoms with van der Waals surface area (Å²) in [5, 5.41) is 3.26. The van der Waals surface area contributed by atoms with E-state index in [4.69, 9.17) is 4.74 Å². The van der Waals surface area contributed by atoms with Gasteiger partial charge in [0.1, 0.15) is 5.69 Å². The number of ether oxygens (including phenoxy) is 1. The van der Waals surface area contributed by atoms with Gasteiger partial charge in [0.15, 0.2) is 5.82 Å². The molecule has 0 saturated carbocycles. The number of hydrogen-bond acceptors (Lipinski definition) is 4. The van der Waals surface area contributed by atoms with E-state index in [2.05, 4.69) is 20.3 Å². The lowest BCUT2D eigenvalue weighted by atomic mass is 10.3. The van der Waals surface area contributed by atoms with Crippen LogP contribution in [0.3, 0.4) is 0 Å². The van der Waals surface area contributed by atoms with Crippen molar-refractivity contribution in [1.29, 1.82) is 0 Å². The Bertz CT molecular complexity index is 495. The molecule has 5 nitrogen and oxygen atoms in total. The Kier molecular flexibility index (Phi) is 4.44. The molecule has 0 aromatic carbocycles. The molecule has 2 rings (SSSR count). The maximum Gasteiger partial charge on any atom is 0.156 e. The van der Waals surface area contributed by atoms with E-state index in [1.807, 2.05) is 31.3 Å². The van der Waals surface area contributed by atoms with Gasteiger partial charge >= 0.3 is 0 Å². The molecule has 96 valence electrons. The van der Waals surface area contributed by atoms with E-state index in [0.29, 0.717) is 6.61 Å². The van der Waals surface area contributed by atoms with Crippen molar-refractivity contribution in [3.05, 3.63) is 35.8 Å². The monoisotopic (exact) mass is 246 g/mol. The fourth-order valence-corrected chi connectivity index (χ4v) is 1.65. The molecule has 2 N–H and O–H groups in total. The summed E-state index contributed by atoms with van der Waals surface area (Å²) in [7, 11) is 1.69. The molecule has 0 unspecified atom stereocenters. The molecule has 0 atom stereocenters.